The van der Waals surface area contributed by atoms with E-state index >= 15 is 0 Å². The van der Waals surface area contributed by atoms with Crippen molar-refractivity contribution in [1.29, 1.82) is 0 Å². The molecule has 0 amide bonds. The molecular formula is C13H13BrClFN2. The second-order valence-electron chi connectivity index (χ2n) is 5.31. The van der Waals surface area contributed by atoms with Gasteiger partial charge in [-0.2, -0.15) is 0 Å². The lowest BCUT2D eigenvalue weighted by atomic mass is 10.1. The SMILES string of the molecule is CC1(Cn2c(CCl)nc3cc(Br)c(F)cc32)CC1. The van der Waals surface area contributed by atoms with Crippen LogP contribution in [0.3, 0.4) is 0 Å². The summed E-state index contributed by atoms with van der Waals surface area (Å²) in [5.74, 6) is 0.910. The lowest BCUT2D eigenvalue weighted by Crippen LogP contribution is -2.10. The summed E-state index contributed by atoms with van der Waals surface area (Å²) in [6.07, 6.45) is 2.43. The standard InChI is InChI=1S/C13H13BrClFN2/c1-13(2-3-13)7-18-11-5-9(16)8(14)4-10(11)17-12(18)6-15/h4-5H,2-3,6-7H2,1H3. The molecule has 0 saturated heterocycles. The minimum atomic E-state index is -0.259. The normalized spacial score (nSPS) is 17.3. The predicted octanol–water partition coefficient (Wildman–Crippen LogP) is 4.48. The molecule has 3 rings (SSSR count). The molecule has 0 spiro atoms. The molecule has 0 N–H and O–H groups in total. The van der Waals surface area contributed by atoms with E-state index in [4.69, 9.17) is 11.6 Å². The van der Waals surface area contributed by atoms with E-state index < -0.39 is 0 Å². The Morgan fingerprint density at radius 2 is 2.22 bits per heavy atom. The third-order valence-electron chi connectivity index (χ3n) is 3.63. The summed E-state index contributed by atoms with van der Waals surface area (Å²) in [6, 6.07) is 3.25. The van der Waals surface area contributed by atoms with Gasteiger partial charge in [-0.3, -0.25) is 0 Å². The fraction of sp³-hybridized carbons (Fsp3) is 0.462. The average molecular weight is 332 g/mol. The zero-order chi connectivity index (χ0) is 12.9. The molecule has 0 bridgehead atoms. The number of hydrogen-bond donors (Lipinski definition) is 0. The summed E-state index contributed by atoms with van der Waals surface area (Å²) < 4.78 is 16.2. The van der Waals surface area contributed by atoms with Crippen LogP contribution < -0.4 is 0 Å². The first-order chi connectivity index (χ1) is 8.52. The molecule has 2 nitrogen and oxygen atoms in total. The van der Waals surface area contributed by atoms with E-state index in [-0.39, 0.29) is 5.82 Å². The Kier molecular flexibility index (Phi) is 2.90. The first kappa shape index (κ1) is 12.4. The average Bonchev–Trinajstić information content (AvgIpc) is 2.97. The first-order valence-corrected chi connectivity index (χ1v) is 7.25. The Balaban J connectivity index is 2.17. The summed E-state index contributed by atoms with van der Waals surface area (Å²) in [6.45, 7) is 3.11. The number of hydrogen-bond acceptors (Lipinski definition) is 1. The van der Waals surface area contributed by atoms with E-state index in [1.165, 1.54) is 18.9 Å². The Bertz CT molecular complexity index is 619. The fourth-order valence-electron chi connectivity index (χ4n) is 2.20. The van der Waals surface area contributed by atoms with Gasteiger partial charge in [-0.15, -0.1) is 11.6 Å². The predicted molar refractivity (Wildman–Crippen MR) is 74.3 cm³/mol. The number of imidazole rings is 1. The van der Waals surface area contributed by atoms with Crippen molar-refractivity contribution in [2.45, 2.75) is 32.2 Å². The van der Waals surface area contributed by atoms with Crippen LogP contribution in [0.15, 0.2) is 16.6 Å². The Hall–Kier alpha value is -0.610. The minimum Gasteiger partial charge on any atom is -0.326 e. The van der Waals surface area contributed by atoms with Crippen molar-refractivity contribution in [2.24, 2.45) is 5.41 Å². The van der Waals surface area contributed by atoms with Crippen molar-refractivity contribution in [1.82, 2.24) is 9.55 Å². The second-order valence-corrected chi connectivity index (χ2v) is 6.44. The molecule has 96 valence electrons. The van der Waals surface area contributed by atoms with Gasteiger partial charge in [0.05, 0.1) is 21.4 Å². The van der Waals surface area contributed by atoms with E-state index in [0.29, 0.717) is 15.8 Å². The van der Waals surface area contributed by atoms with Crippen LogP contribution in [0.2, 0.25) is 0 Å². The maximum absolute atomic E-state index is 13.7. The van der Waals surface area contributed by atoms with Crippen LogP contribution in [-0.2, 0) is 12.4 Å². The van der Waals surface area contributed by atoms with Crippen molar-refractivity contribution in [3.8, 4) is 0 Å². The molecule has 0 radical (unpaired) electrons. The third kappa shape index (κ3) is 2.05. The number of rotatable bonds is 3. The zero-order valence-electron chi connectivity index (χ0n) is 10.0. The molecule has 1 heterocycles. The summed E-state index contributed by atoms with van der Waals surface area (Å²) in [4.78, 5) is 4.48. The molecule has 2 aromatic rings. The van der Waals surface area contributed by atoms with Crippen molar-refractivity contribution in [3.63, 3.8) is 0 Å². The molecular weight excluding hydrogens is 319 g/mol. The number of nitrogens with zero attached hydrogens (tertiary/aromatic N) is 2. The number of alkyl halides is 1. The molecule has 1 aliphatic carbocycles. The minimum absolute atomic E-state index is 0.259. The van der Waals surface area contributed by atoms with Crippen LogP contribution in [0.5, 0.6) is 0 Å². The van der Waals surface area contributed by atoms with Crippen molar-refractivity contribution in [3.05, 3.63) is 28.2 Å². The maximum Gasteiger partial charge on any atom is 0.139 e. The number of benzene rings is 1. The van der Waals surface area contributed by atoms with Gasteiger partial charge < -0.3 is 4.57 Å². The Morgan fingerprint density at radius 1 is 1.50 bits per heavy atom. The van der Waals surface area contributed by atoms with Crippen molar-refractivity contribution < 1.29 is 4.39 Å². The molecule has 0 unspecified atom stereocenters. The highest BCUT2D eigenvalue weighted by atomic mass is 79.9. The number of fused-ring (bicyclic) bond motifs is 1. The van der Waals surface area contributed by atoms with E-state index in [9.17, 15) is 4.39 Å². The van der Waals surface area contributed by atoms with Crippen LogP contribution >= 0.6 is 27.5 Å². The fourth-order valence-corrected chi connectivity index (χ4v) is 2.74. The maximum atomic E-state index is 13.7. The van der Waals surface area contributed by atoms with Gasteiger partial charge in [-0.1, -0.05) is 6.92 Å². The molecule has 0 aliphatic heterocycles. The zero-order valence-corrected chi connectivity index (χ0v) is 12.4. The molecule has 1 aromatic heterocycles. The highest BCUT2D eigenvalue weighted by Gasteiger charge is 2.38. The van der Waals surface area contributed by atoms with E-state index in [1.807, 2.05) is 0 Å². The van der Waals surface area contributed by atoms with Gasteiger partial charge >= 0.3 is 0 Å². The molecule has 5 heteroatoms. The monoisotopic (exact) mass is 330 g/mol. The van der Waals surface area contributed by atoms with Gasteiger partial charge in [-0.25, -0.2) is 9.37 Å². The quantitative estimate of drug-likeness (QED) is 0.758. The van der Waals surface area contributed by atoms with Gasteiger partial charge in [0.15, 0.2) is 0 Å². The summed E-state index contributed by atoms with van der Waals surface area (Å²) >= 11 is 9.13. The van der Waals surface area contributed by atoms with Gasteiger partial charge in [0, 0.05) is 12.6 Å². The highest BCUT2D eigenvalue weighted by Crippen LogP contribution is 2.47. The molecule has 1 fully saturated rings. The molecule has 0 atom stereocenters. The largest absolute Gasteiger partial charge is 0.326 e. The molecule has 1 aromatic carbocycles. The molecule has 1 aliphatic rings. The topological polar surface area (TPSA) is 17.8 Å². The van der Waals surface area contributed by atoms with E-state index in [1.54, 1.807) is 6.07 Å². The second kappa shape index (κ2) is 4.20. The van der Waals surface area contributed by atoms with Crippen LogP contribution in [0, 0.1) is 11.2 Å². The van der Waals surface area contributed by atoms with Gasteiger partial charge in [0.2, 0.25) is 0 Å². The van der Waals surface area contributed by atoms with Crippen LogP contribution in [0.25, 0.3) is 11.0 Å². The Morgan fingerprint density at radius 3 is 2.83 bits per heavy atom. The Labute approximate surface area is 118 Å². The van der Waals surface area contributed by atoms with Gasteiger partial charge in [0.1, 0.15) is 11.6 Å². The van der Waals surface area contributed by atoms with E-state index in [0.717, 1.165) is 23.4 Å². The van der Waals surface area contributed by atoms with Crippen LogP contribution in [-0.4, -0.2) is 9.55 Å². The van der Waals surface area contributed by atoms with Crippen LogP contribution in [0.1, 0.15) is 25.6 Å². The molecule has 1 saturated carbocycles. The van der Waals surface area contributed by atoms with Gasteiger partial charge in [-0.05, 0) is 40.3 Å². The van der Waals surface area contributed by atoms with Gasteiger partial charge in [0.25, 0.3) is 0 Å². The third-order valence-corrected chi connectivity index (χ3v) is 4.48. The first-order valence-electron chi connectivity index (χ1n) is 5.92. The number of halogens is 3. The summed E-state index contributed by atoms with van der Waals surface area (Å²) in [7, 11) is 0. The summed E-state index contributed by atoms with van der Waals surface area (Å²) in [5.41, 5.74) is 1.96. The van der Waals surface area contributed by atoms with Crippen molar-refractivity contribution >= 4 is 38.6 Å². The van der Waals surface area contributed by atoms with Crippen molar-refractivity contribution in [2.75, 3.05) is 0 Å². The lowest BCUT2D eigenvalue weighted by molar-refractivity contribution is 0.464. The smallest absolute Gasteiger partial charge is 0.139 e. The van der Waals surface area contributed by atoms with E-state index in [2.05, 4.69) is 32.4 Å². The summed E-state index contributed by atoms with van der Waals surface area (Å²) in [5, 5.41) is 0. The lowest BCUT2D eigenvalue weighted by Gasteiger charge is -2.13. The highest BCUT2D eigenvalue weighted by molar-refractivity contribution is 9.10. The molecule has 18 heavy (non-hydrogen) atoms. The van der Waals surface area contributed by atoms with Crippen LogP contribution in [0.4, 0.5) is 4.39 Å². The number of aromatic nitrogens is 2.